The van der Waals surface area contributed by atoms with E-state index in [0.29, 0.717) is 6.04 Å². The molecular formula is C22H28N4OS. The van der Waals surface area contributed by atoms with E-state index in [0.717, 1.165) is 36.8 Å². The molecule has 1 saturated carbocycles. The largest absolute Gasteiger partial charge is 0.376 e. The highest BCUT2D eigenvalue weighted by Crippen LogP contribution is 2.42. The predicted octanol–water partition coefficient (Wildman–Crippen LogP) is 4.15. The summed E-state index contributed by atoms with van der Waals surface area (Å²) < 4.78 is 8.45. The third-order valence-electron chi connectivity index (χ3n) is 6.46. The van der Waals surface area contributed by atoms with Crippen molar-refractivity contribution in [2.75, 3.05) is 13.2 Å². The van der Waals surface area contributed by atoms with Crippen LogP contribution in [0.25, 0.3) is 0 Å². The fraction of sp³-hybridized carbons (Fsp3) is 0.545. The van der Waals surface area contributed by atoms with Crippen LogP contribution < -0.4 is 5.32 Å². The molecule has 2 saturated heterocycles. The van der Waals surface area contributed by atoms with E-state index < -0.39 is 0 Å². The Kier molecular flexibility index (Phi) is 5.07. The molecule has 5 nitrogen and oxygen atoms in total. The number of hydrogen-bond acceptors (Lipinski definition) is 3. The number of nitrogens with zero attached hydrogens (tertiary/aromatic N) is 3. The number of aromatic nitrogens is 2. The molecule has 4 heterocycles. The Hall–Kier alpha value is -1.92. The molecule has 28 heavy (non-hydrogen) atoms. The fourth-order valence-electron chi connectivity index (χ4n) is 5.10. The Morgan fingerprint density at radius 2 is 2.00 bits per heavy atom. The van der Waals surface area contributed by atoms with E-state index in [2.05, 4.69) is 50.2 Å². The standard InChI is InChI=1S/C22H28N4OS/c28-22-24-20(18-10-3-4-12-23-18)21(26(22)15-17-9-6-14-27-17)19-11-5-13-25(19)16-7-1-2-8-16/h3-5,10-13,16-17,20-21H,1-2,6-9,14-15H2,(H,24,28)/t17-,20-,21-/m0/s1. The van der Waals surface area contributed by atoms with Gasteiger partial charge in [0, 0.05) is 37.3 Å². The van der Waals surface area contributed by atoms with Crippen LogP contribution in [0.2, 0.25) is 0 Å². The average molecular weight is 397 g/mol. The lowest BCUT2D eigenvalue weighted by Crippen LogP contribution is -2.37. The second-order valence-corrected chi connectivity index (χ2v) is 8.58. The van der Waals surface area contributed by atoms with Gasteiger partial charge in [-0.25, -0.2) is 0 Å². The Labute approximate surface area is 172 Å². The molecule has 2 aromatic rings. The molecule has 1 aliphatic carbocycles. The Bertz CT molecular complexity index is 811. The van der Waals surface area contributed by atoms with Gasteiger partial charge in [-0.1, -0.05) is 18.9 Å². The molecule has 3 atom stereocenters. The van der Waals surface area contributed by atoms with E-state index >= 15 is 0 Å². The van der Waals surface area contributed by atoms with Crippen molar-refractivity contribution in [3.05, 3.63) is 54.1 Å². The number of thiocarbonyl (C=S) groups is 1. The van der Waals surface area contributed by atoms with Gasteiger partial charge in [-0.2, -0.15) is 0 Å². The Morgan fingerprint density at radius 1 is 1.11 bits per heavy atom. The van der Waals surface area contributed by atoms with E-state index in [1.54, 1.807) is 0 Å². The molecule has 0 unspecified atom stereocenters. The van der Waals surface area contributed by atoms with Crippen molar-refractivity contribution >= 4 is 17.3 Å². The maximum absolute atomic E-state index is 5.95. The quantitative estimate of drug-likeness (QED) is 0.769. The normalized spacial score (nSPS) is 28.2. The molecular weight excluding hydrogens is 368 g/mol. The molecule has 148 valence electrons. The SMILES string of the molecule is S=C1N[C@@H](c2ccccn2)[C@H](c2cccn2C2CCCC2)N1C[C@@H]1CCCO1. The van der Waals surface area contributed by atoms with Gasteiger partial charge < -0.3 is 19.5 Å². The molecule has 0 bridgehead atoms. The Balaban J connectivity index is 1.52. The maximum Gasteiger partial charge on any atom is 0.170 e. The fourth-order valence-corrected chi connectivity index (χ4v) is 5.42. The lowest BCUT2D eigenvalue weighted by atomic mass is 10.0. The van der Waals surface area contributed by atoms with Crippen molar-refractivity contribution < 1.29 is 4.74 Å². The summed E-state index contributed by atoms with van der Waals surface area (Å²) in [5.74, 6) is 0. The summed E-state index contributed by atoms with van der Waals surface area (Å²) in [7, 11) is 0. The zero-order chi connectivity index (χ0) is 18.9. The minimum atomic E-state index is 0.0603. The molecule has 0 aromatic carbocycles. The number of ether oxygens (including phenoxy) is 1. The van der Waals surface area contributed by atoms with E-state index in [9.17, 15) is 0 Å². The van der Waals surface area contributed by atoms with Crippen molar-refractivity contribution in [2.24, 2.45) is 0 Å². The highest BCUT2D eigenvalue weighted by atomic mass is 32.1. The minimum absolute atomic E-state index is 0.0603. The van der Waals surface area contributed by atoms with Crippen LogP contribution in [-0.2, 0) is 4.74 Å². The third kappa shape index (κ3) is 3.33. The highest BCUT2D eigenvalue weighted by Gasteiger charge is 2.42. The number of nitrogens with one attached hydrogen (secondary N) is 1. The van der Waals surface area contributed by atoms with Crippen LogP contribution in [0.15, 0.2) is 42.7 Å². The molecule has 3 aliphatic rings. The third-order valence-corrected chi connectivity index (χ3v) is 6.81. The minimum Gasteiger partial charge on any atom is -0.376 e. The van der Waals surface area contributed by atoms with Gasteiger partial charge in [-0.15, -0.1) is 0 Å². The lowest BCUT2D eigenvalue weighted by Gasteiger charge is -2.31. The molecule has 6 heteroatoms. The van der Waals surface area contributed by atoms with Crippen LogP contribution >= 0.6 is 12.2 Å². The van der Waals surface area contributed by atoms with Crippen LogP contribution in [-0.4, -0.2) is 38.8 Å². The zero-order valence-electron chi connectivity index (χ0n) is 16.2. The van der Waals surface area contributed by atoms with E-state index in [4.69, 9.17) is 17.0 Å². The van der Waals surface area contributed by atoms with Crippen LogP contribution in [0.4, 0.5) is 0 Å². The summed E-state index contributed by atoms with van der Waals surface area (Å²) in [5.41, 5.74) is 2.39. The predicted molar refractivity (Wildman–Crippen MR) is 113 cm³/mol. The summed E-state index contributed by atoms with van der Waals surface area (Å²) in [5, 5.41) is 4.39. The number of hydrogen-bond donors (Lipinski definition) is 1. The first kappa shape index (κ1) is 18.1. The second kappa shape index (κ2) is 7.84. The molecule has 0 spiro atoms. The zero-order valence-corrected chi connectivity index (χ0v) is 17.0. The van der Waals surface area contributed by atoms with Crippen molar-refractivity contribution in [2.45, 2.75) is 62.8 Å². The first-order valence-corrected chi connectivity index (χ1v) is 11.0. The molecule has 1 N–H and O–H groups in total. The van der Waals surface area contributed by atoms with Crippen molar-refractivity contribution in [3.63, 3.8) is 0 Å². The van der Waals surface area contributed by atoms with Gasteiger partial charge in [0.05, 0.1) is 23.9 Å². The first-order valence-electron chi connectivity index (χ1n) is 10.6. The van der Waals surface area contributed by atoms with Gasteiger partial charge in [0.2, 0.25) is 0 Å². The summed E-state index contributed by atoms with van der Waals surface area (Å²) >= 11 is 5.80. The van der Waals surface area contributed by atoms with Gasteiger partial charge in [0.15, 0.2) is 5.11 Å². The van der Waals surface area contributed by atoms with Crippen LogP contribution in [0.1, 0.15) is 68.0 Å². The lowest BCUT2D eigenvalue weighted by molar-refractivity contribution is 0.0832. The van der Waals surface area contributed by atoms with E-state index in [-0.39, 0.29) is 18.2 Å². The summed E-state index contributed by atoms with van der Waals surface area (Å²) in [6.45, 7) is 1.71. The van der Waals surface area contributed by atoms with Crippen molar-refractivity contribution in [1.82, 2.24) is 19.8 Å². The number of rotatable bonds is 5. The molecule has 3 fully saturated rings. The summed E-state index contributed by atoms with van der Waals surface area (Å²) in [6.07, 6.45) is 11.8. The molecule has 2 aliphatic heterocycles. The van der Waals surface area contributed by atoms with Crippen LogP contribution in [0.3, 0.4) is 0 Å². The molecule has 5 rings (SSSR count). The van der Waals surface area contributed by atoms with Gasteiger partial charge in [-0.05, 0) is 62.2 Å². The summed E-state index contributed by atoms with van der Waals surface area (Å²) in [6, 6.07) is 11.4. The first-order chi connectivity index (χ1) is 13.8. The van der Waals surface area contributed by atoms with Crippen molar-refractivity contribution in [3.8, 4) is 0 Å². The van der Waals surface area contributed by atoms with Gasteiger partial charge >= 0.3 is 0 Å². The number of pyridine rings is 1. The topological polar surface area (TPSA) is 42.3 Å². The monoisotopic (exact) mass is 396 g/mol. The molecule has 2 aromatic heterocycles. The van der Waals surface area contributed by atoms with E-state index in [1.807, 2.05) is 12.3 Å². The van der Waals surface area contributed by atoms with Gasteiger partial charge in [-0.3, -0.25) is 4.98 Å². The second-order valence-electron chi connectivity index (χ2n) is 8.19. The van der Waals surface area contributed by atoms with Crippen LogP contribution in [0.5, 0.6) is 0 Å². The van der Waals surface area contributed by atoms with Crippen LogP contribution in [0, 0.1) is 0 Å². The van der Waals surface area contributed by atoms with E-state index in [1.165, 1.54) is 31.4 Å². The van der Waals surface area contributed by atoms with Crippen molar-refractivity contribution in [1.29, 1.82) is 0 Å². The summed E-state index contributed by atoms with van der Waals surface area (Å²) in [4.78, 5) is 7.01. The van der Waals surface area contributed by atoms with Gasteiger partial charge in [0.25, 0.3) is 0 Å². The average Bonchev–Trinajstić information content (AvgIpc) is 3.51. The smallest absolute Gasteiger partial charge is 0.170 e. The maximum atomic E-state index is 5.95. The molecule has 0 amide bonds. The van der Waals surface area contributed by atoms with Gasteiger partial charge in [0.1, 0.15) is 0 Å². The Morgan fingerprint density at radius 3 is 2.75 bits per heavy atom. The highest BCUT2D eigenvalue weighted by molar-refractivity contribution is 7.80. The molecule has 0 radical (unpaired) electrons.